The molecule has 0 aliphatic heterocycles. The van der Waals surface area contributed by atoms with E-state index >= 15 is 0 Å². The Balaban J connectivity index is 2.15. The number of thiophene rings is 1. The van der Waals surface area contributed by atoms with Crippen LogP contribution in [0.3, 0.4) is 0 Å². The van der Waals surface area contributed by atoms with E-state index < -0.39 is 10.0 Å². The molecule has 1 heterocycles. The Labute approximate surface area is 140 Å². The van der Waals surface area contributed by atoms with Crippen LogP contribution in [0, 0.1) is 0 Å². The van der Waals surface area contributed by atoms with Crippen LogP contribution in [0.2, 0.25) is 0 Å². The van der Waals surface area contributed by atoms with Crippen LogP contribution in [-0.4, -0.2) is 46.4 Å². The van der Waals surface area contributed by atoms with Crippen LogP contribution in [-0.2, 0) is 10.0 Å². The van der Waals surface area contributed by atoms with E-state index in [0.29, 0.717) is 24.3 Å². The average Bonchev–Trinajstić information content (AvgIpc) is 3.07. The molecule has 2 aromatic rings. The molecule has 0 spiro atoms. The summed E-state index contributed by atoms with van der Waals surface area (Å²) in [6.07, 6.45) is 0. The highest BCUT2D eigenvalue weighted by Gasteiger charge is 2.17. The minimum Gasteiger partial charge on any atom is -0.340 e. The van der Waals surface area contributed by atoms with Crippen LogP contribution in [0.25, 0.3) is 0 Å². The Morgan fingerprint density at radius 1 is 1.26 bits per heavy atom. The molecule has 0 saturated heterocycles. The summed E-state index contributed by atoms with van der Waals surface area (Å²) in [6, 6.07) is 9.70. The zero-order chi connectivity index (χ0) is 16.9. The molecule has 2 N–H and O–H groups in total. The van der Waals surface area contributed by atoms with Gasteiger partial charge in [-0.25, -0.2) is 8.42 Å². The van der Waals surface area contributed by atoms with Crippen LogP contribution >= 0.6 is 11.3 Å². The second-order valence-electron chi connectivity index (χ2n) is 4.95. The number of likely N-dealkylation sites (N-methyl/N-ethyl adjacent to an activating group) is 2. The van der Waals surface area contributed by atoms with Gasteiger partial charge >= 0.3 is 0 Å². The van der Waals surface area contributed by atoms with Crippen molar-refractivity contribution in [3.63, 3.8) is 0 Å². The predicted octanol–water partition coefficient (Wildman–Crippen LogP) is 1.84. The number of amides is 1. The number of nitrogens with one attached hydrogen (secondary N) is 2. The number of anilines is 1. The first-order valence-corrected chi connectivity index (χ1v) is 9.37. The number of rotatable bonds is 7. The zero-order valence-electron chi connectivity index (χ0n) is 12.9. The number of nitrogens with zero attached hydrogens (tertiary/aromatic N) is 1. The third kappa shape index (κ3) is 4.54. The van der Waals surface area contributed by atoms with Gasteiger partial charge in [0.15, 0.2) is 0 Å². The molecule has 1 aromatic heterocycles. The number of hydrogen-bond donors (Lipinski definition) is 2. The van der Waals surface area contributed by atoms with Gasteiger partial charge in [0, 0.05) is 31.4 Å². The maximum atomic E-state index is 12.3. The fourth-order valence-corrected chi connectivity index (χ4v) is 3.98. The van der Waals surface area contributed by atoms with Gasteiger partial charge < -0.3 is 10.2 Å². The lowest BCUT2D eigenvalue weighted by atomic mass is 10.2. The fraction of sp³-hybridized carbons (Fsp3) is 0.267. The van der Waals surface area contributed by atoms with Gasteiger partial charge in [0.2, 0.25) is 0 Å². The van der Waals surface area contributed by atoms with Crippen molar-refractivity contribution in [1.82, 2.24) is 10.2 Å². The molecule has 6 nitrogen and oxygen atoms in total. The van der Waals surface area contributed by atoms with E-state index in [2.05, 4.69) is 10.0 Å². The number of carbonyl (C=O) groups is 1. The van der Waals surface area contributed by atoms with Gasteiger partial charge in [-0.1, -0.05) is 12.1 Å². The molecule has 0 radical (unpaired) electrons. The summed E-state index contributed by atoms with van der Waals surface area (Å²) in [6.45, 7) is 1.26. The van der Waals surface area contributed by atoms with Crippen LogP contribution in [0.4, 0.5) is 5.69 Å². The molecule has 1 amide bonds. The van der Waals surface area contributed by atoms with E-state index in [4.69, 9.17) is 0 Å². The minimum atomic E-state index is -3.61. The van der Waals surface area contributed by atoms with Crippen molar-refractivity contribution >= 4 is 33.0 Å². The molecule has 0 bridgehead atoms. The van der Waals surface area contributed by atoms with Crippen molar-refractivity contribution in [2.45, 2.75) is 4.21 Å². The molecule has 0 unspecified atom stereocenters. The zero-order valence-corrected chi connectivity index (χ0v) is 14.6. The molecule has 0 aliphatic carbocycles. The molecule has 0 atom stereocenters. The number of hydrogen-bond acceptors (Lipinski definition) is 5. The molecule has 8 heteroatoms. The summed E-state index contributed by atoms with van der Waals surface area (Å²) in [4.78, 5) is 13.9. The summed E-state index contributed by atoms with van der Waals surface area (Å²) in [5, 5.41) is 4.68. The Hall–Kier alpha value is -1.90. The van der Waals surface area contributed by atoms with Crippen molar-refractivity contribution in [2.75, 3.05) is 31.9 Å². The van der Waals surface area contributed by atoms with E-state index in [1.54, 1.807) is 47.7 Å². The van der Waals surface area contributed by atoms with Crippen molar-refractivity contribution in [1.29, 1.82) is 0 Å². The van der Waals surface area contributed by atoms with Gasteiger partial charge in [-0.2, -0.15) is 0 Å². The Morgan fingerprint density at radius 2 is 2.04 bits per heavy atom. The van der Waals surface area contributed by atoms with Gasteiger partial charge in [-0.3, -0.25) is 9.52 Å². The molecule has 1 aromatic carbocycles. The standard InChI is InChI=1S/C15H19N3O3S2/c1-16-8-9-18(2)15(19)12-5-3-6-13(11-12)17-23(20,21)14-7-4-10-22-14/h3-7,10-11,16-17H,8-9H2,1-2H3. The van der Waals surface area contributed by atoms with Crippen molar-refractivity contribution in [3.05, 3.63) is 47.3 Å². The van der Waals surface area contributed by atoms with E-state index in [9.17, 15) is 13.2 Å². The summed E-state index contributed by atoms with van der Waals surface area (Å²) in [7, 11) is -0.0850. The van der Waals surface area contributed by atoms with Crippen molar-refractivity contribution < 1.29 is 13.2 Å². The van der Waals surface area contributed by atoms with E-state index in [1.165, 1.54) is 6.07 Å². The summed E-state index contributed by atoms with van der Waals surface area (Å²) in [5.74, 6) is -0.155. The lowest BCUT2D eigenvalue weighted by Gasteiger charge is -2.17. The van der Waals surface area contributed by atoms with Crippen molar-refractivity contribution in [2.24, 2.45) is 0 Å². The normalized spacial score (nSPS) is 11.2. The van der Waals surface area contributed by atoms with Crippen LogP contribution in [0.1, 0.15) is 10.4 Å². The van der Waals surface area contributed by atoms with Gasteiger partial charge in [-0.05, 0) is 36.7 Å². The third-order valence-electron chi connectivity index (χ3n) is 3.17. The highest BCUT2D eigenvalue weighted by atomic mass is 32.2. The lowest BCUT2D eigenvalue weighted by molar-refractivity contribution is 0.0797. The highest BCUT2D eigenvalue weighted by Crippen LogP contribution is 2.21. The van der Waals surface area contributed by atoms with Gasteiger partial charge in [0.1, 0.15) is 4.21 Å². The third-order valence-corrected chi connectivity index (χ3v) is 5.94. The highest BCUT2D eigenvalue weighted by molar-refractivity contribution is 7.94. The Kier molecular flexibility index (Phi) is 5.75. The Bertz CT molecular complexity index is 758. The molecule has 23 heavy (non-hydrogen) atoms. The van der Waals surface area contributed by atoms with E-state index in [1.807, 2.05) is 7.05 Å². The minimum absolute atomic E-state index is 0.155. The predicted molar refractivity (Wildman–Crippen MR) is 92.5 cm³/mol. The second-order valence-corrected chi connectivity index (χ2v) is 7.81. The molecular formula is C15H19N3O3S2. The average molecular weight is 353 g/mol. The first-order valence-electron chi connectivity index (χ1n) is 7.00. The van der Waals surface area contributed by atoms with Crippen LogP contribution in [0.15, 0.2) is 46.0 Å². The molecular weight excluding hydrogens is 334 g/mol. The Morgan fingerprint density at radius 3 is 2.70 bits per heavy atom. The molecule has 2 rings (SSSR count). The number of benzene rings is 1. The van der Waals surface area contributed by atoms with Gasteiger partial charge in [0.05, 0.1) is 0 Å². The summed E-state index contributed by atoms with van der Waals surface area (Å²) < 4.78 is 27.2. The first-order chi connectivity index (χ1) is 10.9. The number of carbonyl (C=O) groups excluding carboxylic acids is 1. The smallest absolute Gasteiger partial charge is 0.271 e. The number of sulfonamides is 1. The van der Waals surface area contributed by atoms with E-state index in [0.717, 1.165) is 11.3 Å². The van der Waals surface area contributed by atoms with Gasteiger partial charge in [-0.15, -0.1) is 11.3 Å². The van der Waals surface area contributed by atoms with Crippen LogP contribution < -0.4 is 10.0 Å². The monoisotopic (exact) mass is 353 g/mol. The largest absolute Gasteiger partial charge is 0.340 e. The van der Waals surface area contributed by atoms with E-state index in [-0.39, 0.29) is 10.1 Å². The molecule has 0 saturated carbocycles. The fourth-order valence-electron chi connectivity index (χ4n) is 1.94. The summed E-state index contributed by atoms with van der Waals surface area (Å²) in [5.41, 5.74) is 0.807. The molecule has 0 aliphatic rings. The van der Waals surface area contributed by atoms with Crippen molar-refractivity contribution in [3.8, 4) is 0 Å². The topological polar surface area (TPSA) is 78.5 Å². The SMILES string of the molecule is CNCCN(C)C(=O)c1cccc(NS(=O)(=O)c2cccs2)c1. The maximum absolute atomic E-state index is 12.3. The molecule has 124 valence electrons. The summed E-state index contributed by atoms with van der Waals surface area (Å²) >= 11 is 1.14. The maximum Gasteiger partial charge on any atom is 0.271 e. The first kappa shape index (κ1) is 17.5. The van der Waals surface area contributed by atoms with Crippen LogP contribution in [0.5, 0.6) is 0 Å². The lowest BCUT2D eigenvalue weighted by Crippen LogP contribution is -2.32. The molecule has 0 fully saturated rings. The second kappa shape index (κ2) is 7.58. The van der Waals surface area contributed by atoms with Gasteiger partial charge in [0.25, 0.3) is 15.9 Å². The quantitative estimate of drug-likeness (QED) is 0.796.